The molecule has 4 bridgehead atoms. The van der Waals surface area contributed by atoms with E-state index < -0.39 is 6.99 Å². The highest BCUT2D eigenvalue weighted by Crippen LogP contribution is 2.60. The van der Waals surface area contributed by atoms with Gasteiger partial charge in [-0.1, -0.05) is 38.5 Å². The van der Waals surface area contributed by atoms with Gasteiger partial charge >= 0.3 is 6.99 Å². The van der Waals surface area contributed by atoms with Gasteiger partial charge in [0.05, 0.1) is 0 Å². The molecule has 4 aliphatic rings. The van der Waals surface area contributed by atoms with E-state index in [1.165, 1.54) is 51.4 Å². The van der Waals surface area contributed by atoms with Crippen LogP contribution in [0, 0.1) is 23.7 Å². The van der Waals surface area contributed by atoms with Gasteiger partial charge in [-0.2, -0.15) is 0 Å². The quantitative estimate of drug-likeness (QED) is 0.607. The summed E-state index contributed by atoms with van der Waals surface area (Å²) in [7, 11) is 0. The smallest absolute Gasteiger partial charge is 0.336 e. The minimum absolute atomic E-state index is 0.425. The fourth-order valence-electron chi connectivity index (χ4n) is 5.69. The number of hydrogen-bond acceptors (Lipinski definition) is 0. The van der Waals surface area contributed by atoms with Gasteiger partial charge in [-0.15, -0.1) is 0 Å². The van der Waals surface area contributed by atoms with Crippen molar-refractivity contribution in [2.24, 2.45) is 23.7 Å². The Kier molecular flexibility index (Phi) is 2.18. The Hall–Kier alpha value is -0.00506. The topological polar surface area (TPSA) is 0 Å². The van der Waals surface area contributed by atoms with E-state index in [-0.39, 0.29) is 0 Å². The lowest BCUT2D eigenvalue weighted by Crippen LogP contribution is -2.29. The minimum Gasteiger partial charge on any atom is -0.336 e. The molecule has 0 aromatic carbocycles. The largest absolute Gasteiger partial charge is 0.355 e. The summed E-state index contributed by atoms with van der Waals surface area (Å²) in [5, 5.41) is 0. The van der Waals surface area contributed by atoms with Crippen molar-refractivity contribution >= 4 is 6.99 Å². The van der Waals surface area contributed by atoms with Crippen molar-refractivity contribution in [2.75, 3.05) is 0 Å². The van der Waals surface area contributed by atoms with Gasteiger partial charge in [-0.3, -0.25) is 0 Å². The summed E-state index contributed by atoms with van der Waals surface area (Å²) in [6, 6.07) is 0. The normalized spacial score (nSPS) is 53.8. The molecule has 0 aliphatic heterocycles. The van der Waals surface area contributed by atoms with Crippen LogP contribution in [0.5, 0.6) is 0 Å². The fraction of sp³-hybridized carbons (Fsp3) is 1.00. The predicted molar refractivity (Wildman–Crippen MR) is 65.3 cm³/mol. The molecule has 0 heterocycles. The van der Waals surface area contributed by atoms with E-state index in [9.17, 15) is 4.32 Å². The zero-order valence-electron chi connectivity index (χ0n) is 10.1. The van der Waals surface area contributed by atoms with E-state index >= 15 is 0 Å². The van der Waals surface area contributed by atoms with Crippen molar-refractivity contribution < 1.29 is 4.32 Å². The highest BCUT2D eigenvalue weighted by Gasteiger charge is 2.53. The first-order chi connectivity index (χ1) is 7.81. The van der Waals surface area contributed by atoms with Crippen molar-refractivity contribution in [2.45, 2.75) is 63.0 Å². The van der Waals surface area contributed by atoms with Crippen LogP contribution >= 0.6 is 0 Å². The molecule has 0 radical (unpaired) electrons. The van der Waals surface area contributed by atoms with E-state index in [1.807, 2.05) is 0 Å². The molecule has 0 nitrogen and oxygen atoms in total. The van der Waals surface area contributed by atoms with Crippen LogP contribution in [0.25, 0.3) is 0 Å². The summed E-state index contributed by atoms with van der Waals surface area (Å²) in [6.45, 7) is -0.425. The average Bonchev–Trinajstić information content (AvgIpc) is 3.06. The van der Waals surface area contributed by atoms with E-state index in [0.29, 0.717) is 11.6 Å². The molecule has 0 aromatic rings. The van der Waals surface area contributed by atoms with Gasteiger partial charge in [0.15, 0.2) is 0 Å². The second-order valence-corrected chi connectivity index (χ2v) is 7.12. The Morgan fingerprint density at radius 1 is 0.688 bits per heavy atom. The lowest BCUT2D eigenvalue weighted by atomic mass is 9.43. The zero-order chi connectivity index (χ0) is 10.7. The molecular weight excluding hydrogens is 198 g/mol. The van der Waals surface area contributed by atoms with Crippen LogP contribution in [0.2, 0.25) is 11.6 Å². The van der Waals surface area contributed by atoms with Crippen LogP contribution < -0.4 is 0 Å². The molecule has 6 atom stereocenters. The molecule has 0 saturated heterocycles. The summed E-state index contributed by atoms with van der Waals surface area (Å²) in [5.74, 6) is 4.32. The molecule has 4 saturated carbocycles. The fourth-order valence-corrected chi connectivity index (χ4v) is 5.69. The molecule has 0 aromatic heterocycles. The highest BCUT2D eigenvalue weighted by molar-refractivity contribution is 6.55. The molecule has 4 fully saturated rings. The van der Waals surface area contributed by atoms with E-state index in [0.717, 1.165) is 23.7 Å². The van der Waals surface area contributed by atoms with Crippen LogP contribution in [0.3, 0.4) is 0 Å². The first kappa shape index (κ1) is 9.97. The second kappa shape index (κ2) is 3.49. The highest BCUT2D eigenvalue weighted by atomic mass is 19.1. The summed E-state index contributed by atoms with van der Waals surface area (Å²) < 4.78 is 14.7. The van der Waals surface area contributed by atoms with E-state index in [4.69, 9.17) is 0 Å². The van der Waals surface area contributed by atoms with Crippen molar-refractivity contribution in [3.63, 3.8) is 0 Å². The van der Waals surface area contributed by atoms with Crippen LogP contribution in [-0.2, 0) is 0 Å². The Labute approximate surface area is 98.5 Å². The van der Waals surface area contributed by atoms with Crippen molar-refractivity contribution in [1.82, 2.24) is 0 Å². The summed E-state index contributed by atoms with van der Waals surface area (Å²) in [6.07, 6.45) is 10.7. The molecular formula is C14H22BF. The van der Waals surface area contributed by atoms with Crippen LogP contribution in [0.15, 0.2) is 0 Å². The van der Waals surface area contributed by atoms with Gasteiger partial charge in [0.25, 0.3) is 0 Å². The molecule has 6 unspecified atom stereocenters. The first-order valence-corrected chi connectivity index (χ1v) is 7.45. The number of halogens is 1. The molecule has 88 valence electrons. The van der Waals surface area contributed by atoms with Gasteiger partial charge in [0, 0.05) is 0 Å². The van der Waals surface area contributed by atoms with Gasteiger partial charge in [-0.05, 0) is 48.1 Å². The molecule has 0 N–H and O–H groups in total. The monoisotopic (exact) mass is 220 g/mol. The summed E-state index contributed by atoms with van der Waals surface area (Å²) in [5.41, 5.74) is 0. The first-order valence-electron chi connectivity index (χ1n) is 7.45. The Morgan fingerprint density at radius 2 is 1.19 bits per heavy atom. The Morgan fingerprint density at radius 3 is 1.50 bits per heavy atom. The molecule has 0 amide bonds. The molecule has 4 aliphatic carbocycles. The predicted octanol–water partition coefficient (Wildman–Crippen LogP) is 4.33. The molecule has 16 heavy (non-hydrogen) atoms. The molecule has 4 rings (SSSR count). The third-order valence-corrected chi connectivity index (χ3v) is 6.40. The second-order valence-electron chi connectivity index (χ2n) is 7.12. The lowest BCUT2D eigenvalue weighted by Gasteiger charge is -2.30. The van der Waals surface area contributed by atoms with Crippen molar-refractivity contribution in [3.8, 4) is 0 Å². The molecule has 0 spiro atoms. The Bertz CT molecular complexity index is 264. The SMILES string of the molecule is FB(C1CC2CCC1C2)C1CC2CCC1C2. The third kappa shape index (κ3) is 1.34. The minimum atomic E-state index is -0.425. The number of rotatable bonds is 2. The van der Waals surface area contributed by atoms with Crippen molar-refractivity contribution in [3.05, 3.63) is 0 Å². The van der Waals surface area contributed by atoms with E-state index in [2.05, 4.69) is 0 Å². The van der Waals surface area contributed by atoms with Gasteiger partial charge in [0.1, 0.15) is 0 Å². The maximum atomic E-state index is 14.7. The zero-order valence-corrected chi connectivity index (χ0v) is 10.1. The van der Waals surface area contributed by atoms with Crippen LogP contribution in [-0.4, -0.2) is 6.99 Å². The molecule has 2 heteroatoms. The Balaban J connectivity index is 1.48. The number of fused-ring (bicyclic) bond motifs is 4. The lowest BCUT2D eigenvalue weighted by molar-refractivity contribution is 0.416. The summed E-state index contributed by atoms with van der Waals surface area (Å²) in [4.78, 5) is 0. The maximum Gasteiger partial charge on any atom is 0.355 e. The van der Waals surface area contributed by atoms with Gasteiger partial charge < -0.3 is 4.32 Å². The van der Waals surface area contributed by atoms with E-state index in [1.54, 1.807) is 0 Å². The average molecular weight is 220 g/mol. The van der Waals surface area contributed by atoms with Crippen molar-refractivity contribution in [1.29, 1.82) is 0 Å². The number of hydrogen-bond donors (Lipinski definition) is 0. The standard InChI is InChI=1S/C14H22BF/c16-15(13-7-9-1-3-11(13)5-9)14-8-10-2-4-12(14)6-10/h9-14H,1-8H2. The maximum absolute atomic E-state index is 14.7. The van der Waals surface area contributed by atoms with Gasteiger partial charge in [0.2, 0.25) is 0 Å². The summed E-state index contributed by atoms with van der Waals surface area (Å²) >= 11 is 0. The van der Waals surface area contributed by atoms with Crippen LogP contribution in [0.4, 0.5) is 4.32 Å². The van der Waals surface area contributed by atoms with Crippen LogP contribution in [0.1, 0.15) is 51.4 Å². The van der Waals surface area contributed by atoms with Gasteiger partial charge in [-0.25, -0.2) is 0 Å². The third-order valence-electron chi connectivity index (χ3n) is 6.40.